The first kappa shape index (κ1) is 13.1. The van der Waals surface area contributed by atoms with Crippen LogP contribution in [0, 0.1) is 5.92 Å². The standard InChI is InChI=1S/C15H22N2O/c1-11(9-16)15(18)17-10-12-6-7-13-4-2-3-5-14(13)8-12/h6-8,11H,2-5,9-10,16H2,1H3,(H,17,18). The van der Waals surface area contributed by atoms with Gasteiger partial charge in [0.25, 0.3) is 0 Å². The highest BCUT2D eigenvalue weighted by Gasteiger charge is 2.12. The Morgan fingerprint density at radius 1 is 1.33 bits per heavy atom. The number of carbonyl (C=O) groups excluding carboxylic acids is 1. The lowest BCUT2D eigenvalue weighted by Crippen LogP contribution is -2.32. The van der Waals surface area contributed by atoms with Gasteiger partial charge < -0.3 is 11.1 Å². The van der Waals surface area contributed by atoms with E-state index < -0.39 is 0 Å². The number of benzene rings is 1. The quantitative estimate of drug-likeness (QED) is 0.851. The van der Waals surface area contributed by atoms with Crippen LogP contribution in [0.1, 0.15) is 36.5 Å². The van der Waals surface area contributed by atoms with E-state index in [0.717, 1.165) is 0 Å². The van der Waals surface area contributed by atoms with E-state index >= 15 is 0 Å². The highest BCUT2D eigenvalue weighted by Crippen LogP contribution is 2.22. The van der Waals surface area contributed by atoms with Gasteiger partial charge in [0.2, 0.25) is 5.91 Å². The van der Waals surface area contributed by atoms with E-state index in [1.54, 1.807) is 0 Å². The molecule has 0 saturated heterocycles. The van der Waals surface area contributed by atoms with Crippen molar-refractivity contribution >= 4 is 5.91 Å². The molecule has 98 valence electrons. The van der Waals surface area contributed by atoms with Crippen molar-refractivity contribution in [3.8, 4) is 0 Å². The Kier molecular flexibility index (Phi) is 4.37. The molecule has 2 rings (SSSR count). The van der Waals surface area contributed by atoms with Crippen molar-refractivity contribution in [1.29, 1.82) is 0 Å². The van der Waals surface area contributed by atoms with Crippen LogP contribution in [0.4, 0.5) is 0 Å². The maximum absolute atomic E-state index is 11.6. The van der Waals surface area contributed by atoms with Crippen molar-refractivity contribution in [3.63, 3.8) is 0 Å². The fourth-order valence-electron chi connectivity index (χ4n) is 2.37. The minimum absolute atomic E-state index is 0.0372. The van der Waals surface area contributed by atoms with Gasteiger partial charge in [-0.15, -0.1) is 0 Å². The molecule has 1 unspecified atom stereocenters. The van der Waals surface area contributed by atoms with E-state index in [1.807, 2.05) is 6.92 Å². The number of nitrogens with two attached hydrogens (primary N) is 1. The summed E-state index contributed by atoms with van der Waals surface area (Å²) in [5, 5.41) is 2.94. The molecule has 0 aromatic heterocycles. The summed E-state index contributed by atoms with van der Waals surface area (Å²) >= 11 is 0. The van der Waals surface area contributed by atoms with Gasteiger partial charge in [-0.05, 0) is 42.4 Å². The molecule has 0 heterocycles. The molecule has 1 atom stereocenters. The van der Waals surface area contributed by atoms with Crippen molar-refractivity contribution in [2.75, 3.05) is 6.54 Å². The topological polar surface area (TPSA) is 55.1 Å². The predicted octanol–water partition coefficient (Wildman–Crippen LogP) is 1.78. The Bertz CT molecular complexity index is 429. The summed E-state index contributed by atoms with van der Waals surface area (Å²) in [7, 11) is 0. The van der Waals surface area contributed by atoms with Crippen LogP contribution in [0.15, 0.2) is 18.2 Å². The Morgan fingerprint density at radius 2 is 2.06 bits per heavy atom. The summed E-state index contributed by atoms with van der Waals surface area (Å²) in [5.41, 5.74) is 9.60. The molecule has 1 aliphatic carbocycles. The van der Waals surface area contributed by atoms with Crippen LogP contribution >= 0.6 is 0 Å². The number of carbonyl (C=O) groups is 1. The molecule has 3 N–H and O–H groups in total. The monoisotopic (exact) mass is 246 g/mol. The lowest BCUT2D eigenvalue weighted by Gasteiger charge is -2.17. The molecule has 1 amide bonds. The normalized spacial score (nSPS) is 15.9. The minimum Gasteiger partial charge on any atom is -0.352 e. The first-order valence-corrected chi connectivity index (χ1v) is 6.79. The van der Waals surface area contributed by atoms with Crippen LogP contribution in [0.5, 0.6) is 0 Å². The molecule has 0 aliphatic heterocycles. The summed E-state index contributed by atoms with van der Waals surface area (Å²) in [4.78, 5) is 11.6. The first-order chi connectivity index (χ1) is 8.70. The average Bonchev–Trinajstić information content (AvgIpc) is 2.43. The van der Waals surface area contributed by atoms with Crippen molar-refractivity contribution in [2.24, 2.45) is 11.7 Å². The second-order valence-electron chi connectivity index (χ2n) is 5.16. The van der Waals surface area contributed by atoms with Crippen LogP contribution in [0.3, 0.4) is 0 Å². The molecule has 1 aromatic rings. The van der Waals surface area contributed by atoms with Gasteiger partial charge in [0, 0.05) is 19.0 Å². The van der Waals surface area contributed by atoms with Crippen LogP contribution in [-0.4, -0.2) is 12.5 Å². The van der Waals surface area contributed by atoms with Crippen molar-refractivity contribution in [2.45, 2.75) is 39.2 Å². The molecule has 18 heavy (non-hydrogen) atoms. The number of fused-ring (bicyclic) bond motifs is 1. The van der Waals surface area contributed by atoms with E-state index in [4.69, 9.17) is 5.73 Å². The lowest BCUT2D eigenvalue weighted by atomic mass is 9.90. The van der Waals surface area contributed by atoms with E-state index in [2.05, 4.69) is 23.5 Å². The molecule has 0 bridgehead atoms. The maximum Gasteiger partial charge on any atom is 0.224 e. The van der Waals surface area contributed by atoms with Gasteiger partial charge in [0.1, 0.15) is 0 Å². The molecular formula is C15H22N2O. The fourth-order valence-corrected chi connectivity index (χ4v) is 2.37. The van der Waals surface area contributed by atoms with E-state index in [9.17, 15) is 4.79 Å². The average molecular weight is 246 g/mol. The summed E-state index contributed by atoms with van der Waals surface area (Å²) in [6.07, 6.45) is 4.96. The number of hydrogen-bond acceptors (Lipinski definition) is 2. The van der Waals surface area contributed by atoms with E-state index in [1.165, 1.54) is 42.4 Å². The number of nitrogens with one attached hydrogen (secondary N) is 1. The Morgan fingerprint density at radius 3 is 2.78 bits per heavy atom. The zero-order valence-corrected chi connectivity index (χ0v) is 11.0. The Hall–Kier alpha value is -1.35. The molecule has 3 heteroatoms. The van der Waals surface area contributed by atoms with E-state index in [0.29, 0.717) is 13.1 Å². The summed E-state index contributed by atoms with van der Waals surface area (Å²) < 4.78 is 0. The van der Waals surface area contributed by atoms with Gasteiger partial charge in [0.15, 0.2) is 0 Å². The first-order valence-electron chi connectivity index (χ1n) is 6.79. The molecule has 3 nitrogen and oxygen atoms in total. The maximum atomic E-state index is 11.6. The molecular weight excluding hydrogens is 224 g/mol. The Labute approximate surface area is 109 Å². The zero-order valence-electron chi connectivity index (χ0n) is 11.0. The van der Waals surface area contributed by atoms with Gasteiger partial charge in [-0.3, -0.25) is 4.79 Å². The van der Waals surface area contributed by atoms with E-state index in [-0.39, 0.29) is 11.8 Å². The molecule has 0 fully saturated rings. The third-order valence-electron chi connectivity index (χ3n) is 3.68. The Balaban J connectivity index is 1.96. The summed E-state index contributed by atoms with van der Waals surface area (Å²) in [6, 6.07) is 6.57. The number of amides is 1. The van der Waals surface area contributed by atoms with Gasteiger partial charge >= 0.3 is 0 Å². The zero-order chi connectivity index (χ0) is 13.0. The second-order valence-corrected chi connectivity index (χ2v) is 5.16. The van der Waals surface area contributed by atoms with Gasteiger partial charge in [-0.1, -0.05) is 25.1 Å². The van der Waals surface area contributed by atoms with Crippen molar-refractivity contribution < 1.29 is 4.79 Å². The second kappa shape index (κ2) is 6.01. The smallest absolute Gasteiger partial charge is 0.224 e. The van der Waals surface area contributed by atoms with Gasteiger partial charge in [0.05, 0.1) is 0 Å². The van der Waals surface area contributed by atoms with Crippen LogP contribution in [0.25, 0.3) is 0 Å². The van der Waals surface area contributed by atoms with Gasteiger partial charge in [-0.2, -0.15) is 0 Å². The number of rotatable bonds is 4. The molecule has 1 aliphatic rings. The SMILES string of the molecule is CC(CN)C(=O)NCc1ccc2c(c1)CCCC2. The number of aryl methyl sites for hydroxylation is 2. The van der Waals surface area contributed by atoms with Crippen molar-refractivity contribution in [1.82, 2.24) is 5.32 Å². The van der Waals surface area contributed by atoms with Crippen molar-refractivity contribution in [3.05, 3.63) is 34.9 Å². The predicted molar refractivity (Wildman–Crippen MR) is 73.1 cm³/mol. The van der Waals surface area contributed by atoms with Crippen LogP contribution in [-0.2, 0) is 24.2 Å². The van der Waals surface area contributed by atoms with Gasteiger partial charge in [-0.25, -0.2) is 0 Å². The molecule has 0 spiro atoms. The summed E-state index contributed by atoms with van der Waals surface area (Å²) in [6.45, 7) is 2.86. The third kappa shape index (κ3) is 3.10. The third-order valence-corrected chi connectivity index (χ3v) is 3.68. The minimum atomic E-state index is -0.109. The number of hydrogen-bond donors (Lipinski definition) is 2. The molecule has 0 saturated carbocycles. The summed E-state index contributed by atoms with van der Waals surface area (Å²) in [5.74, 6) is -0.0714. The van der Waals surface area contributed by atoms with Crippen LogP contribution in [0.2, 0.25) is 0 Å². The molecule has 1 aromatic carbocycles. The largest absolute Gasteiger partial charge is 0.352 e. The highest BCUT2D eigenvalue weighted by molar-refractivity contribution is 5.78. The van der Waals surface area contributed by atoms with Crippen LogP contribution < -0.4 is 11.1 Å². The molecule has 0 radical (unpaired) electrons. The lowest BCUT2D eigenvalue weighted by molar-refractivity contribution is -0.124. The highest BCUT2D eigenvalue weighted by atomic mass is 16.1. The fraction of sp³-hybridized carbons (Fsp3) is 0.533.